The van der Waals surface area contributed by atoms with Crippen LogP contribution in [0.2, 0.25) is 0 Å². The second-order valence-electron chi connectivity index (χ2n) is 4.41. The van der Waals surface area contributed by atoms with Crippen molar-refractivity contribution >= 4 is 11.7 Å². The number of oxime groups is 1. The number of carbonyl (C=O) groups excluding carboxylic acids is 1. The van der Waals surface area contributed by atoms with E-state index >= 15 is 0 Å². The van der Waals surface area contributed by atoms with Gasteiger partial charge in [-0.25, -0.2) is 0 Å². The molecule has 0 radical (unpaired) electrons. The predicted octanol–water partition coefficient (Wildman–Crippen LogP) is 0.750. The molecule has 6 heteroatoms. The van der Waals surface area contributed by atoms with Crippen LogP contribution < -0.4 is 11.1 Å². The second-order valence-corrected chi connectivity index (χ2v) is 4.41. The standard InChI is InChI=1S/C12H26N4O2/c1-4-16(5-2)8-6-7-10(3)14-12(17)9-11(13)15-18/h10,18H,4-9H2,1-3H3,(H2,13,15)(H,14,17). The lowest BCUT2D eigenvalue weighted by Crippen LogP contribution is -2.36. The first-order valence-electron chi connectivity index (χ1n) is 6.51. The van der Waals surface area contributed by atoms with E-state index in [0.717, 1.165) is 32.5 Å². The fraction of sp³-hybridized carbons (Fsp3) is 0.833. The summed E-state index contributed by atoms with van der Waals surface area (Å²) in [4.78, 5) is 13.8. The molecular formula is C12H26N4O2. The highest BCUT2D eigenvalue weighted by molar-refractivity contribution is 5.98. The lowest BCUT2D eigenvalue weighted by Gasteiger charge is -2.19. The number of rotatable bonds is 9. The van der Waals surface area contributed by atoms with Crippen LogP contribution in [0.25, 0.3) is 0 Å². The Bertz CT molecular complexity index is 265. The molecule has 1 unspecified atom stereocenters. The quantitative estimate of drug-likeness (QED) is 0.246. The normalized spacial score (nSPS) is 13.7. The Morgan fingerprint density at radius 3 is 2.56 bits per heavy atom. The van der Waals surface area contributed by atoms with Gasteiger partial charge in [0.1, 0.15) is 5.84 Å². The molecule has 0 spiro atoms. The number of carbonyl (C=O) groups is 1. The number of hydrogen-bond acceptors (Lipinski definition) is 4. The fourth-order valence-corrected chi connectivity index (χ4v) is 1.76. The summed E-state index contributed by atoms with van der Waals surface area (Å²) in [7, 11) is 0. The number of amides is 1. The van der Waals surface area contributed by atoms with Crippen molar-refractivity contribution in [3.8, 4) is 0 Å². The average Bonchev–Trinajstić information content (AvgIpc) is 2.34. The summed E-state index contributed by atoms with van der Waals surface area (Å²) in [5, 5.41) is 13.9. The highest BCUT2D eigenvalue weighted by Gasteiger charge is 2.09. The van der Waals surface area contributed by atoms with Gasteiger partial charge >= 0.3 is 0 Å². The van der Waals surface area contributed by atoms with Crippen LogP contribution in [-0.4, -0.2) is 47.5 Å². The first-order chi connectivity index (χ1) is 8.53. The third-order valence-corrected chi connectivity index (χ3v) is 2.88. The van der Waals surface area contributed by atoms with Gasteiger partial charge in [0.25, 0.3) is 0 Å². The van der Waals surface area contributed by atoms with E-state index in [4.69, 9.17) is 10.9 Å². The molecule has 4 N–H and O–H groups in total. The summed E-state index contributed by atoms with van der Waals surface area (Å²) in [5.41, 5.74) is 5.26. The maximum absolute atomic E-state index is 11.4. The number of nitrogens with zero attached hydrogens (tertiary/aromatic N) is 2. The summed E-state index contributed by atoms with van der Waals surface area (Å²) in [6.45, 7) is 9.42. The monoisotopic (exact) mass is 258 g/mol. The molecule has 106 valence electrons. The Hall–Kier alpha value is -1.30. The molecule has 1 amide bonds. The first kappa shape index (κ1) is 16.7. The minimum absolute atomic E-state index is 0.0586. The van der Waals surface area contributed by atoms with Gasteiger partial charge in [-0.3, -0.25) is 4.79 Å². The first-order valence-corrected chi connectivity index (χ1v) is 6.51. The van der Waals surface area contributed by atoms with Gasteiger partial charge in [-0.15, -0.1) is 0 Å². The van der Waals surface area contributed by atoms with E-state index in [0.29, 0.717) is 0 Å². The summed E-state index contributed by atoms with van der Waals surface area (Å²) < 4.78 is 0. The smallest absolute Gasteiger partial charge is 0.227 e. The van der Waals surface area contributed by atoms with Crippen LogP contribution >= 0.6 is 0 Å². The molecule has 0 aliphatic heterocycles. The molecule has 0 aliphatic rings. The maximum atomic E-state index is 11.4. The summed E-state index contributed by atoms with van der Waals surface area (Å²) >= 11 is 0. The van der Waals surface area contributed by atoms with Gasteiger partial charge in [-0.2, -0.15) is 0 Å². The largest absolute Gasteiger partial charge is 0.409 e. The van der Waals surface area contributed by atoms with E-state index in [-0.39, 0.29) is 24.2 Å². The van der Waals surface area contributed by atoms with E-state index in [2.05, 4.69) is 29.2 Å². The minimum atomic E-state index is -0.208. The van der Waals surface area contributed by atoms with Crippen molar-refractivity contribution < 1.29 is 10.0 Å². The Morgan fingerprint density at radius 2 is 2.06 bits per heavy atom. The van der Waals surface area contributed by atoms with Gasteiger partial charge < -0.3 is 21.2 Å². The van der Waals surface area contributed by atoms with E-state index in [1.165, 1.54) is 0 Å². The van der Waals surface area contributed by atoms with Gasteiger partial charge in [0.2, 0.25) is 5.91 Å². The third kappa shape index (κ3) is 7.89. The molecule has 0 saturated heterocycles. The van der Waals surface area contributed by atoms with Crippen molar-refractivity contribution in [2.75, 3.05) is 19.6 Å². The Labute approximate surface area is 109 Å². The highest BCUT2D eigenvalue weighted by atomic mass is 16.4. The van der Waals surface area contributed by atoms with Gasteiger partial charge in [0, 0.05) is 6.04 Å². The summed E-state index contributed by atoms with van der Waals surface area (Å²) in [6, 6.07) is 0.111. The van der Waals surface area contributed by atoms with Crippen LogP contribution in [0.1, 0.15) is 40.0 Å². The molecule has 0 aromatic carbocycles. The van der Waals surface area contributed by atoms with Crippen LogP contribution in [0.3, 0.4) is 0 Å². The van der Waals surface area contributed by atoms with Gasteiger partial charge in [-0.1, -0.05) is 19.0 Å². The van der Waals surface area contributed by atoms with Crippen molar-refractivity contribution in [2.24, 2.45) is 10.9 Å². The topological polar surface area (TPSA) is 91.0 Å². The number of amidine groups is 1. The molecule has 0 aromatic rings. The number of nitrogens with one attached hydrogen (secondary N) is 1. The third-order valence-electron chi connectivity index (χ3n) is 2.88. The van der Waals surface area contributed by atoms with Crippen LogP contribution in [-0.2, 0) is 4.79 Å². The highest BCUT2D eigenvalue weighted by Crippen LogP contribution is 2.00. The van der Waals surface area contributed by atoms with Crippen LogP contribution in [0, 0.1) is 0 Å². The number of nitrogens with two attached hydrogens (primary N) is 1. The molecule has 1 atom stereocenters. The predicted molar refractivity (Wildman–Crippen MR) is 72.7 cm³/mol. The summed E-state index contributed by atoms with van der Waals surface area (Å²) in [5.74, 6) is -0.275. The lowest BCUT2D eigenvalue weighted by molar-refractivity contribution is -0.120. The van der Waals surface area contributed by atoms with Crippen LogP contribution in [0.15, 0.2) is 5.16 Å². The van der Waals surface area contributed by atoms with Crippen molar-refractivity contribution in [1.82, 2.24) is 10.2 Å². The van der Waals surface area contributed by atoms with Gasteiger partial charge in [0.15, 0.2) is 0 Å². The van der Waals surface area contributed by atoms with Gasteiger partial charge in [0.05, 0.1) is 6.42 Å². The van der Waals surface area contributed by atoms with Gasteiger partial charge in [-0.05, 0) is 39.4 Å². The van der Waals surface area contributed by atoms with E-state index in [1.807, 2.05) is 6.92 Å². The SMILES string of the molecule is CCN(CC)CCCC(C)NC(=O)C/C(N)=N/O. The van der Waals surface area contributed by atoms with E-state index in [9.17, 15) is 4.79 Å². The van der Waals surface area contributed by atoms with Crippen LogP contribution in [0.5, 0.6) is 0 Å². The average molecular weight is 258 g/mol. The fourth-order valence-electron chi connectivity index (χ4n) is 1.76. The molecule has 0 aromatic heterocycles. The van der Waals surface area contributed by atoms with Crippen molar-refractivity contribution in [2.45, 2.75) is 46.1 Å². The number of hydrogen-bond donors (Lipinski definition) is 3. The van der Waals surface area contributed by atoms with Crippen molar-refractivity contribution in [1.29, 1.82) is 0 Å². The maximum Gasteiger partial charge on any atom is 0.227 e. The molecule has 0 heterocycles. The molecule has 0 saturated carbocycles. The molecular weight excluding hydrogens is 232 g/mol. The second kappa shape index (κ2) is 9.70. The minimum Gasteiger partial charge on any atom is -0.409 e. The zero-order valence-corrected chi connectivity index (χ0v) is 11.6. The van der Waals surface area contributed by atoms with Crippen molar-refractivity contribution in [3.05, 3.63) is 0 Å². The van der Waals surface area contributed by atoms with E-state index in [1.54, 1.807) is 0 Å². The van der Waals surface area contributed by atoms with Crippen molar-refractivity contribution in [3.63, 3.8) is 0 Å². The Morgan fingerprint density at radius 1 is 1.44 bits per heavy atom. The Balaban J connectivity index is 3.77. The Kier molecular flexibility index (Phi) is 9.00. The molecule has 0 bridgehead atoms. The molecule has 0 rings (SSSR count). The van der Waals surface area contributed by atoms with E-state index < -0.39 is 0 Å². The molecule has 18 heavy (non-hydrogen) atoms. The van der Waals surface area contributed by atoms with Crippen LogP contribution in [0.4, 0.5) is 0 Å². The summed E-state index contributed by atoms with van der Waals surface area (Å²) in [6.07, 6.45) is 1.92. The molecule has 0 aliphatic carbocycles. The zero-order chi connectivity index (χ0) is 14.0. The molecule has 0 fully saturated rings. The lowest BCUT2D eigenvalue weighted by atomic mass is 10.1. The molecule has 6 nitrogen and oxygen atoms in total. The zero-order valence-electron chi connectivity index (χ0n) is 11.6.